The summed E-state index contributed by atoms with van der Waals surface area (Å²) in [4.78, 5) is 45.8. The summed E-state index contributed by atoms with van der Waals surface area (Å²) in [5, 5.41) is 16.1. The Morgan fingerprint density at radius 1 is 1.19 bits per heavy atom. The molecular weight excluding hydrogens is 508 g/mol. The molecule has 1 aromatic heterocycles. The first-order chi connectivity index (χ1) is 17.2. The van der Waals surface area contributed by atoms with Crippen molar-refractivity contribution in [2.24, 2.45) is 0 Å². The minimum atomic E-state index is -0.849. The fourth-order valence-corrected chi connectivity index (χ4v) is 7.38. The topological polar surface area (TPSA) is 112 Å². The molecule has 8 nitrogen and oxygen atoms in total. The van der Waals surface area contributed by atoms with Gasteiger partial charge in [0, 0.05) is 35.9 Å². The number of aliphatic hydroxyl groups is 1. The average Bonchev–Trinajstić information content (AvgIpc) is 3.39. The molecule has 1 aliphatic heterocycles. The highest BCUT2D eigenvalue weighted by atomic mass is 32.2. The van der Waals surface area contributed by atoms with Crippen molar-refractivity contribution >= 4 is 40.8 Å². The second kappa shape index (κ2) is 11.5. The molecule has 10 heteroatoms. The molecule has 0 bridgehead atoms. The van der Waals surface area contributed by atoms with Gasteiger partial charge in [0.1, 0.15) is 12.1 Å². The standard InChI is InChI=1S/C27H38N4O4S2/c1-16-22(36-15-29-16)19-10-8-18(9-11-19)13-28-24(34)21-12-20(33)14-31(21)25(35)23(30-17(2)32)27(6,7)37-26(3,4)5/h8-11,15,20-21,23,33H,12-14H2,1-7H3,(H,28,34)(H,30,32)/t20-,21+,23-/m1/s1. The molecule has 1 fully saturated rings. The van der Waals surface area contributed by atoms with Crippen molar-refractivity contribution in [1.29, 1.82) is 0 Å². The number of aliphatic hydroxyl groups excluding tert-OH is 1. The van der Waals surface area contributed by atoms with Gasteiger partial charge in [-0.25, -0.2) is 4.98 Å². The van der Waals surface area contributed by atoms with Crippen LogP contribution in [0, 0.1) is 6.92 Å². The number of rotatable bonds is 8. The predicted molar refractivity (Wildman–Crippen MR) is 149 cm³/mol. The Hall–Kier alpha value is -2.43. The Bertz CT molecular complexity index is 1120. The zero-order valence-electron chi connectivity index (χ0n) is 22.6. The fourth-order valence-electron chi connectivity index (χ4n) is 4.72. The number of benzene rings is 1. The predicted octanol–water partition coefficient (Wildman–Crippen LogP) is 3.51. The molecule has 37 heavy (non-hydrogen) atoms. The van der Waals surface area contributed by atoms with Gasteiger partial charge in [0.25, 0.3) is 0 Å². The summed E-state index contributed by atoms with van der Waals surface area (Å²) >= 11 is 3.17. The number of aromatic nitrogens is 1. The van der Waals surface area contributed by atoms with Crippen molar-refractivity contribution in [3.63, 3.8) is 0 Å². The fraction of sp³-hybridized carbons (Fsp3) is 0.556. The molecule has 202 valence electrons. The van der Waals surface area contributed by atoms with Gasteiger partial charge in [-0.3, -0.25) is 14.4 Å². The maximum absolute atomic E-state index is 13.7. The molecule has 3 atom stereocenters. The molecule has 0 unspecified atom stereocenters. The van der Waals surface area contributed by atoms with Gasteiger partial charge in [-0.05, 0) is 31.9 Å². The molecular formula is C27H38N4O4S2. The van der Waals surface area contributed by atoms with Crippen LogP contribution in [-0.2, 0) is 20.9 Å². The molecule has 1 saturated heterocycles. The Morgan fingerprint density at radius 3 is 2.38 bits per heavy atom. The summed E-state index contributed by atoms with van der Waals surface area (Å²) in [7, 11) is 0. The number of amides is 3. The third-order valence-corrected chi connectivity index (χ3v) is 8.50. The van der Waals surface area contributed by atoms with Gasteiger partial charge >= 0.3 is 0 Å². The van der Waals surface area contributed by atoms with E-state index in [2.05, 4.69) is 36.4 Å². The van der Waals surface area contributed by atoms with E-state index in [4.69, 9.17) is 0 Å². The lowest BCUT2D eigenvalue weighted by Crippen LogP contribution is -2.60. The molecule has 2 aromatic rings. The van der Waals surface area contributed by atoms with Crippen molar-refractivity contribution < 1.29 is 19.5 Å². The summed E-state index contributed by atoms with van der Waals surface area (Å²) in [6, 6.07) is 6.26. The molecule has 1 aromatic carbocycles. The maximum Gasteiger partial charge on any atom is 0.247 e. The largest absolute Gasteiger partial charge is 0.391 e. The molecule has 0 radical (unpaired) electrons. The van der Waals surface area contributed by atoms with Crippen LogP contribution in [0.3, 0.4) is 0 Å². The minimum Gasteiger partial charge on any atom is -0.391 e. The van der Waals surface area contributed by atoms with Crippen LogP contribution in [-0.4, -0.2) is 66.9 Å². The number of hydrogen-bond acceptors (Lipinski definition) is 7. The van der Waals surface area contributed by atoms with Crippen LogP contribution in [0.1, 0.15) is 59.2 Å². The first kappa shape index (κ1) is 29.1. The number of aryl methyl sites for hydroxylation is 1. The van der Waals surface area contributed by atoms with Gasteiger partial charge in [-0.15, -0.1) is 23.1 Å². The van der Waals surface area contributed by atoms with Gasteiger partial charge in [0.15, 0.2) is 0 Å². The molecule has 3 rings (SSSR count). The van der Waals surface area contributed by atoms with E-state index in [1.165, 1.54) is 11.8 Å². The molecule has 3 N–H and O–H groups in total. The SMILES string of the molecule is CC(=O)N[C@H](C(=O)N1C[C@H](O)C[C@H]1C(=O)NCc1ccc(-c2scnc2C)cc1)C(C)(C)SC(C)(C)C. The highest BCUT2D eigenvalue weighted by Gasteiger charge is 2.46. The second-order valence-electron chi connectivity index (χ2n) is 11.0. The minimum absolute atomic E-state index is 0.0478. The number of thioether (sulfide) groups is 1. The smallest absolute Gasteiger partial charge is 0.247 e. The second-order valence-corrected chi connectivity index (χ2v) is 14.4. The highest BCUT2D eigenvalue weighted by Crippen LogP contribution is 2.39. The van der Waals surface area contributed by atoms with Crippen LogP contribution >= 0.6 is 23.1 Å². The van der Waals surface area contributed by atoms with Crippen LogP contribution in [0.25, 0.3) is 10.4 Å². The third-order valence-electron chi connectivity index (χ3n) is 6.15. The van der Waals surface area contributed by atoms with E-state index in [-0.39, 0.29) is 35.4 Å². The normalized spacial score (nSPS) is 19.0. The summed E-state index contributed by atoms with van der Waals surface area (Å²) in [5.41, 5.74) is 4.80. The van der Waals surface area contributed by atoms with Crippen LogP contribution in [0.4, 0.5) is 0 Å². The number of thiazole rings is 1. The van der Waals surface area contributed by atoms with E-state index in [0.29, 0.717) is 6.54 Å². The van der Waals surface area contributed by atoms with Crippen molar-refractivity contribution in [3.05, 3.63) is 41.0 Å². The van der Waals surface area contributed by atoms with Crippen LogP contribution in [0.5, 0.6) is 0 Å². The summed E-state index contributed by atoms with van der Waals surface area (Å²) < 4.78 is -0.802. The molecule has 3 amide bonds. The molecule has 1 aliphatic rings. The lowest BCUT2D eigenvalue weighted by atomic mass is 10.0. The zero-order chi connectivity index (χ0) is 27.5. The lowest BCUT2D eigenvalue weighted by molar-refractivity contribution is -0.142. The Kier molecular flexibility index (Phi) is 9.08. The van der Waals surface area contributed by atoms with E-state index in [0.717, 1.165) is 21.7 Å². The van der Waals surface area contributed by atoms with Gasteiger partial charge in [0.2, 0.25) is 17.7 Å². The van der Waals surface area contributed by atoms with Crippen LogP contribution in [0.15, 0.2) is 29.8 Å². The Morgan fingerprint density at radius 2 is 1.84 bits per heavy atom. The van der Waals surface area contributed by atoms with Crippen molar-refractivity contribution in [3.8, 4) is 10.4 Å². The van der Waals surface area contributed by atoms with Crippen molar-refractivity contribution in [2.75, 3.05) is 6.54 Å². The summed E-state index contributed by atoms with van der Waals surface area (Å²) in [6.45, 7) is 13.7. The molecule has 0 spiro atoms. The highest BCUT2D eigenvalue weighted by molar-refractivity contribution is 8.02. The van der Waals surface area contributed by atoms with Crippen LogP contribution in [0.2, 0.25) is 0 Å². The number of nitrogens with one attached hydrogen (secondary N) is 2. The van der Waals surface area contributed by atoms with Gasteiger partial charge in [-0.2, -0.15) is 0 Å². The number of nitrogens with zero attached hydrogens (tertiary/aromatic N) is 2. The number of hydrogen-bond donors (Lipinski definition) is 3. The van der Waals surface area contributed by atoms with E-state index in [1.807, 2.05) is 50.5 Å². The number of β-amino-alcohol motifs (C(OH)–C–C–N with tert-alkyl or cyclic N) is 1. The summed E-state index contributed by atoms with van der Waals surface area (Å²) in [5.74, 6) is -1.01. The van der Waals surface area contributed by atoms with Crippen molar-refractivity contribution in [1.82, 2.24) is 20.5 Å². The van der Waals surface area contributed by atoms with Gasteiger partial charge < -0.3 is 20.6 Å². The molecule has 0 aliphatic carbocycles. The quantitative estimate of drug-likeness (QED) is 0.467. The zero-order valence-corrected chi connectivity index (χ0v) is 24.3. The number of likely N-dealkylation sites (tertiary alicyclic amines) is 1. The third kappa shape index (κ3) is 7.55. The lowest BCUT2D eigenvalue weighted by Gasteiger charge is -2.40. The van der Waals surface area contributed by atoms with Crippen molar-refractivity contribution in [2.45, 2.75) is 89.1 Å². The Labute approximate surface area is 227 Å². The summed E-state index contributed by atoms with van der Waals surface area (Å²) in [6.07, 6.45) is -0.654. The first-order valence-electron chi connectivity index (χ1n) is 12.4. The molecule has 2 heterocycles. The number of carbonyl (C=O) groups excluding carboxylic acids is 3. The van der Waals surface area contributed by atoms with E-state index in [1.54, 1.807) is 23.1 Å². The maximum atomic E-state index is 13.7. The first-order valence-corrected chi connectivity index (χ1v) is 14.1. The van der Waals surface area contributed by atoms with E-state index in [9.17, 15) is 19.5 Å². The average molecular weight is 547 g/mol. The monoisotopic (exact) mass is 546 g/mol. The van der Waals surface area contributed by atoms with Gasteiger partial charge in [-0.1, -0.05) is 45.0 Å². The van der Waals surface area contributed by atoms with E-state index < -0.39 is 22.9 Å². The number of carbonyl (C=O) groups is 3. The van der Waals surface area contributed by atoms with E-state index >= 15 is 0 Å². The van der Waals surface area contributed by atoms with Gasteiger partial charge in [0.05, 0.1) is 22.2 Å². The molecule has 0 saturated carbocycles. The Balaban J connectivity index is 1.72. The van der Waals surface area contributed by atoms with Crippen LogP contribution < -0.4 is 10.6 Å².